The number of phenols is 3. The van der Waals surface area contributed by atoms with Gasteiger partial charge in [0.25, 0.3) is 0 Å². The molecular formula is C14H14O3. The molecule has 0 heterocycles. The third-order valence-electron chi connectivity index (χ3n) is 2.76. The van der Waals surface area contributed by atoms with Crippen molar-refractivity contribution in [1.29, 1.82) is 0 Å². The van der Waals surface area contributed by atoms with Crippen molar-refractivity contribution in [3.05, 3.63) is 42.0 Å². The molecule has 2 aromatic rings. The summed E-state index contributed by atoms with van der Waals surface area (Å²) in [5.41, 5.74) is 2.06. The Balaban J connectivity index is 2.63. The Kier molecular flexibility index (Phi) is 2.91. The van der Waals surface area contributed by atoms with E-state index in [2.05, 4.69) is 0 Å². The van der Waals surface area contributed by atoms with Crippen LogP contribution in [0, 0.1) is 0 Å². The van der Waals surface area contributed by atoms with Gasteiger partial charge in [0.2, 0.25) is 0 Å². The number of hydrogen-bond acceptors (Lipinski definition) is 3. The average Bonchev–Trinajstić information content (AvgIpc) is 2.35. The van der Waals surface area contributed by atoms with E-state index in [1.807, 2.05) is 25.1 Å². The molecule has 0 saturated carbocycles. The highest BCUT2D eigenvalue weighted by Gasteiger charge is 2.13. The third-order valence-corrected chi connectivity index (χ3v) is 2.76. The van der Waals surface area contributed by atoms with Crippen LogP contribution in [0.4, 0.5) is 0 Å². The predicted molar refractivity (Wildman–Crippen MR) is 66.3 cm³/mol. The smallest absolute Gasteiger partial charge is 0.169 e. The van der Waals surface area contributed by atoms with Crippen molar-refractivity contribution in [3.63, 3.8) is 0 Å². The van der Waals surface area contributed by atoms with Gasteiger partial charge in [0.1, 0.15) is 5.75 Å². The molecule has 88 valence electrons. The van der Waals surface area contributed by atoms with Crippen LogP contribution >= 0.6 is 0 Å². The highest BCUT2D eigenvalue weighted by atomic mass is 16.3. The summed E-state index contributed by atoms with van der Waals surface area (Å²) in [6.45, 7) is 2.03. The lowest BCUT2D eigenvalue weighted by Crippen LogP contribution is -1.85. The summed E-state index contributed by atoms with van der Waals surface area (Å²) in [5, 5.41) is 29.0. The summed E-state index contributed by atoms with van der Waals surface area (Å²) >= 11 is 0. The molecule has 17 heavy (non-hydrogen) atoms. The van der Waals surface area contributed by atoms with Gasteiger partial charge in [0.15, 0.2) is 11.5 Å². The highest BCUT2D eigenvalue weighted by molar-refractivity contribution is 5.79. The zero-order valence-electron chi connectivity index (χ0n) is 9.51. The molecule has 0 radical (unpaired) electrons. The van der Waals surface area contributed by atoms with Gasteiger partial charge < -0.3 is 15.3 Å². The van der Waals surface area contributed by atoms with Crippen molar-refractivity contribution < 1.29 is 15.3 Å². The molecule has 0 unspecified atom stereocenters. The Morgan fingerprint density at radius 1 is 0.941 bits per heavy atom. The molecule has 0 spiro atoms. The van der Waals surface area contributed by atoms with Crippen LogP contribution in [0.3, 0.4) is 0 Å². The average molecular weight is 230 g/mol. The minimum absolute atomic E-state index is 0.0476. The third kappa shape index (κ3) is 2.04. The van der Waals surface area contributed by atoms with Crippen molar-refractivity contribution >= 4 is 0 Å². The molecule has 2 aromatic carbocycles. The van der Waals surface area contributed by atoms with E-state index in [1.54, 1.807) is 6.07 Å². The summed E-state index contributed by atoms with van der Waals surface area (Å²) in [4.78, 5) is 0. The zero-order chi connectivity index (χ0) is 12.4. The summed E-state index contributed by atoms with van der Waals surface area (Å²) in [6, 6.07) is 10.1. The molecule has 0 aromatic heterocycles. The van der Waals surface area contributed by atoms with Gasteiger partial charge in [-0.25, -0.2) is 0 Å². The lowest BCUT2D eigenvalue weighted by Gasteiger charge is -2.09. The second-order valence-corrected chi connectivity index (χ2v) is 3.88. The van der Waals surface area contributed by atoms with E-state index < -0.39 is 0 Å². The van der Waals surface area contributed by atoms with Gasteiger partial charge >= 0.3 is 0 Å². The standard InChI is InChI=1S/C14H14O3/c1-2-9-4-3-5-10(8-9)13-11(15)6-7-12(16)14(13)17/h3-8,15-17H,2H2,1H3. The number of aryl methyl sites for hydroxylation is 1. The van der Waals surface area contributed by atoms with Gasteiger partial charge in [0.05, 0.1) is 5.56 Å². The molecule has 3 nitrogen and oxygen atoms in total. The Labute approximate surface area is 99.6 Å². The first-order valence-electron chi connectivity index (χ1n) is 5.46. The Morgan fingerprint density at radius 2 is 1.65 bits per heavy atom. The first kappa shape index (κ1) is 11.3. The van der Waals surface area contributed by atoms with Crippen LogP contribution in [-0.4, -0.2) is 15.3 Å². The molecule has 0 aliphatic heterocycles. The molecule has 0 aliphatic carbocycles. The fourth-order valence-electron chi connectivity index (χ4n) is 1.80. The van der Waals surface area contributed by atoms with E-state index in [4.69, 9.17) is 0 Å². The van der Waals surface area contributed by atoms with E-state index in [1.165, 1.54) is 12.1 Å². The Morgan fingerprint density at radius 3 is 2.35 bits per heavy atom. The number of phenolic OH excluding ortho intramolecular Hbond substituents is 3. The topological polar surface area (TPSA) is 60.7 Å². The van der Waals surface area contributed by atoms with E-state index in [0.29, 0.717) is 5.56 Å². The monoisotopic (exact) mass is 230 g/mol. The molecule has 0 saturated heterocycles. The summed E-state index contributed by atoms with van der Waals surface area (Å²) in [7, 11) is 0. The SMILES string of the molecule is CCc1cccc(-c2c(O)ccc(O)c2O)c1. The van der Waals surface area contributed by atoms with E-state index in [-0.39, 0.29) is 22.8 Å². The maximum absolute atomic E-state index is 9.79. The second kappa shape index (κ2) is 4.37. The van der Waals surface area contributed by atoms with Crippen LogP contribution in [0.15, 0.2) is 36.4 Å². The summed E-state index contributed by atoms with van der Waals surface area (Å²) < 4.78 is 0. The van der Waals surface area contributed by atoms with Gasteiger partial charge in [-0.05, 0) is 29.7 Å². The van der Waals surface area contributed by atoms with Crippen molar-refractivity contribution in [2.45, 2.75) is 13.3 Å². The van der Waals surface area contributed by atoms with E-state index in [0.717, 1.165) is 12.0 Å². The van der Waals surface area contributed by atoms with Crippen LogP contribution < -0.4 is 0 Å². The van der Waals surface area contributed by atoms with Crippen LogP contribution in [0.5, 0.6) is 17.2 Å². The second-order valence-electron chi connectivity index (χ2n) is 3.88. The number of rotatable bonds is 2. The summed E-state index contributed by atoms with van der Waals surface area (Å²) in [6.07, 6.45) is 0.869. The number of aromatic hydroxyl groups is 3. The molecular weight excluding hydrogens is 216 g/mol. The maximum atomic E-state index is 9.79. The van der Waals surface area contributed by atoms with Gasteiger partial charge in [-0.15, -0.1) is 0 Å². The Bertz CT molecular complexity index is 547. The molecule has 3 N–H and O–H groups in total. The van der Waals surface area contributed by atoms with Crippen molar-refractivity contribution in [2.24, 2.45) is 0 Å². The van der Waals surface area contributed by atoms with Crippen LogP contribution in [0.25, 0.3) is 11.1 Å². The normalized spacial score (nSPS) is 10.4. The maximum Gasteiger partial charge on any atom is 0.169 e. The zero-order valence-corrected chi connectivity index (χ0v) is 9.51. The van der Waals surface area contributed by atoms with Gasteiger partial charge in [-0.3, -0.25) is 0 Å². The molecule has 2 rings (SSSR count). The molecule has 0 amide bonds. The van der Waals surface area contributed by atoms with Crippen LogP contribution in [0.2, 0.25) is 0 Å². The highest BCUT2D eigenvalue weighted by Crippen LogP contribution is 2.42. The first-order chi connectivity index (χ1) is 8.13. The predicted octanol–water partition coefficient (Wildman–Crippen LogP) is 3.03. The minimum atomic E-state index is -0.293. The molecule has 0 atom stereocenters. The molecule has 3 heteroatoms. The van der Waals surface area contributed by atoms with Crippen molar-refractivity contribution in [2.75, 3.05) is 0 Å². The lowest BCUT2D eigenvalue weighted by atomic mass is 10.00. The minimum Gasteiger partial charge on any atom is -0.507 e. The fraction of sp³-hybridized carbons (Fsp3) is 0.143. The lowest BCUT2D eigenvalue weighted by molar-refractivity contribution is 0.398. The van der Waals surface area contributed by atoms with Gasteiger partial charge in [-0.1, -0.05) is 31.2 Å². The molecule has 0 aliphatic rings. The number of hydrogen-bond donors (Lipinski definition) is 3. The van der Waals surface area contributed by atoms with Crippen LogP contribution in [-0.2, 0) is 6.42 Å². The number of benzene rings is 2. The van der Waals surface area contributed by atoms with Gasteiger partial charge in [0, 0.05) is 0 Å². The quantitative estimate of drug-likeness (QED) is 0.549. The summed E-state index contributed by atoms with van der Waals surface area (Å²) in [5.74, 6) is -0.577. The van der Waals surface area contributed by atoms with E-state index >= 15 is 0 Å². The van der Waals surface area contributed by atoms with Crippen molar-refractivity contribution in [3.8, 4) is 28.4 Å². The van der Waals surface area contributed by atoms with Gasteiger partial charge in [-0.2, -0.15) is 0 Å². The van der Waals surface area contributed by atoms with Crippen LogP contribution in [0.1, 0.15) is 12.5 Å². The van der Waals surface area contributed by atoms with Crippen molar-refractivity contribution in [1.82, 2.24) is 0 Å². The fourth-order valence-corrected chi connectivity index (χ4v) is 1.80. The largest absolute Gasteiger partial charge is 0.507 e. The first-order valence-corrected chi connectivity index (χ1v) is 5.46. The molecule has 0 bridgehead atoms. The Hall–Kier alpha value is -2.16. The van der Waals surface area contributed by atoms with E-state index in [9.17, 15) is 15.3 Å². The molecule has 0 fully saturated rings.